The van der Waals surface area contributed by atoms with Gasteiger partial charge in [-0.25, -0.2) is 0 Å². The first-order valence-electron chi connectivity index (χ1n) is 9.57. The predicted molar refractivity (Wildman–Crippen MR) is 106 cm³/mol. The molecule has 0 unspecified atom stereocenters. The van der Waals surface area contributed by atoms with Crippen molar-refractivity contribution in [2.45, 2.75) is 26.4 Å². The van der Waals surface area contributed by atoms with Crippen LogP contribution in [0.25, 0.3) is 0 Å². The quantitative estimate of drug-likeness (QED) is 0.750. The highest BCUT2D eigenvalue weighted by atomic mass is 16.2. The van der Waals surface area contributed by atoms with Crippen molar-refractivity contribution in [2.24, 2.45) is 0 Å². The lowest BCUT2D eigenvalue weighted by Gasteiger charge is -2.33. The number of rotatable bonds is 7. The number of amides is 3. The van der Waals surface area contributed by atoms with Crippen molar-refractivity contribution in [3.8, 4) is 0 Å². The van der Waals surface area contributed by atoms with E-state index in [9.17, 15) is 14.4 Å². The van der Waals surface area contributed by atoms with Gasteiger partial charge in [-0.3, -0.25) is 14.4 Å². The fourth-order valence-corrected chi connectivity index (χ4v) is 3.14. The molecule has 3 rings (SSSR count). The molecule has 2 aromatic carbocycles. The van der Waals surface area contributed by atoms with Gasteiger partial charge in [0.15, 0.2) is 0 Å². The first-order valence-corrected chi connectivity index (χ1v) is 9.57. The van der Waals surface area contributed by atoms with E-state index in [2.05, 4.69) is 5.32 Å². The van der Waals surface area contributed by atoms with E-state index in [1.54, 1.807) is 21.9 Å². The highest BCUT2D eigenvalue weighted by Gasteiger charge is 2.32. The first kappa shape index (κ1) is 19.6. The molecule has 0 aromatic heterocycles. The second-order valence-corrected chi connectivity index (χ2v) is 6.89. The Morgan fingerprint density at radius 3 is 1.93 bits per heavy atom. The van der Waals surface area contributed by atoms with Gasteiger partial charge in [0.25, 0.3) is 5.91 Å². The van der Waals surface area contributed by atoms with Crippen molar-refractivity contribution in [1.29, 1.82) is 0 Å². The van der Waals surface area contributed by atoms with Crippen molar-refractivity contribution in [3.63, 3.8) is 0 Å². The van der Waals surface area contributed by atoms with Gasteiger partial charge in [-0.1, -0.05) is 49.4 Å². The molecule has 0 saturated carbocycles. The fraction of sp³-hybridized carbons (Fsp3) is 0.318. The third kappa shape index (κ3) is 4.76. The average Bonchev–Trinajstić information content (AvgIpc) is 2.73. The number of nitrogens with one attached hydrogen (secondary N) is 1. The summed E-state index contributed by atoms with van der Waals surface area (Å²) in [5, 5.41) is 2.83. The van der Waals surface area contributed by atoms with Crippen molar-refractivity contribution >= 4 is 17.7 Å². The molecule has 2 aromatic rings. The molecule has 1 N–H and O–H groups in total. The van der Waals surface area contributed by atoms with Gasteiger partial charge in [-0.05, 0) is 29.7 Å². The summed E-state index contributed by atoms with van der Waals surface area (Å²) in [6, 6.07) is 16.8. The lowest BCUT2D eigenvalue weighted by Crippen LogP contribution is -2.53. The molecule has 1 heterocycles. The zero-order valence-corrected chi connectivity index (χ0v) is 16.1. The summed E-state index contributed by atoms with van der Waals surface area (Å²) in [4.78, 5) is 40.1. The van der Waals surface area contributed by atoms with Crippen molar-refractivity contribution in [3.05, 3.63) is 71.3 Å². The van der Waals surface area contributed by atoms with E-state index in [0.717, 1.165) is 17.5 Å². The largest absolute Gasteiger partial charge is 0.352 e. The van der Waals surface area contributed by atoms with Gasteiger partial charge in [-0.2, -0.15) is 0 Å². The van der Waals surface area contributed by atoms with Crippen LogP contribution in [0.3, 0.4) is 0 Å². The summed E-state index contributed by atoms with van der Waals surface area (Å²) >= 11 is 0. The standard InChI is InChI=1S/C22H25N3O3/c1-2-12-23-20(26)19-10-8-18(9-11-19)16-25-14-13-24(21(27)22(25)28)15-17-6-4-3-5-7-17/h3-11H,2,12-16H2,1H3,(H,23,26). The number of nitrogens with zero attached hydrogens (tertiary/aromatic N) is 2. The summed E-state index contributed by atoms with van der Waals surface area (Å²) in [6.45, 7) is 4.46. The number of carbonyl (C=O) groups excluding carboxylic acids is 3. The van der Waals surface area contributed by atoms with Crippen molar-refractivity contribution in [1.82, 2.24) is 15.1 Å². The van der Waals surface area contributed by atoms with Gasteiger partial charge in [0, 0.05) is 38.3 Å². The molecule has 0 radical (unpaired) electrons. The van der Waals surface area contributed by atoms with Gasteiger partial charge in [0.2, 0.25) is 0 Å². The molecule has 0 aliphatic carbocycles. The maximum absolute atomic E-state index is 12.5. The lowest BCUT2D eigenvalue weighted by atomic mass is 10.1. The Morgan fingerprint density at radius 2 is 1.39 bits per heavy atom. The molecule has 146 valence electrons. The van der Waals surface area contributed by atoms with Gasteiger partial charge in [-0.15, -0.1) is 0 Å². The minimum absolute atomic E-state index is 0.103. The van der Waals surface area contributed by atoms with Crippen molar-refractivity contribution < 1.29 is 14.4 Å². The minimum atomic E-state index is -0.480. The first-order chi connectivity index (χ1) is 13.6. The third-order valence-corrected chi connectivity index (χ3v) is 4.74. The number of hydrogen-bond acceptors (Lipinski definition) is 3. The van der Waals surface area contributed by atoms with Crippen LogP contribution in [0.1, 0.15) is 34.8 Å². The van der Waals surface area contributed by atoms with Crippen LogP contribution >= 0.6 is 0 Å². The van der Waals surface area contributed by atoms with Gasteiger partial charge < -0.3 is 15.1 Å². The Balaban J connectivity index is 1.58. The molecule has 1 saturated heterocycles. The number of benzene rings is 2. The summed E-state index contributed by atoms with van der Waals surface area (Å²) in [7, 11) is 0. The van der Waals surface area contributed by atoms with E-state index < -0.39 is 11.8 Å². The molecular weight excluding hydrogens is 354 g/mol. The van der Waals surface area contributed by atoms with E-state index in [4.69, 9.17) is 0 Å². The maximum Gasteiger partial charge on any atom is 0.312 e. The number of piperazine rings is 1. The molecule has 28 heavy (non-hydrogen) atoms. The van der Waals surface area contributed by atoms with Gasteiger partial charge in [0.1, 0.15) is 0 Å². The van der Waals surface area contributed by atoms with Gasteiger partial charge >= 0.3 is 11.8 Å². The van der Waals surface area contributed by atoms with Crippen LogP contribution < -0.4 is 5.32 Å². The molecule has 1 aliphatic heterocycles. The Kier molecular flexibility index (Phi) is 6.42. The van der Waals surface area contributed by atoms with Crippen LogP contribution in [-0.4, -0.2) is 47.2 Å². The number of hydrogen-bond donors (Lipinski definition) is 1. The summed E-state index contributed by atoms with van der Waals surface area (Å²) in [6.07, 6.45) is 0.885. The van der Waals surface area contributed by atoms with Gasteiger partial charge in [0.05, 0.1) is 0 Å². The second-order valence-electron chi connectivity index (χ2n) is 6.89. The molecule has 1 fully saturated rings. The summed E-state index contributed by atoms with van der Waals surface area (Å²) < 4.78 is 0. The van der Waals surface area contributed by atoms with Crippen molar-refractivity contribution in [2.75, 3.05) is 19.6 Å². The van der Waals surface area contributed by atoms with Crippen LogP contribution in [0.2, 0.25) is 0 Å². The Hall–Kier alpha value is -3.15. The molecule has 3 amide bonds. The van der Waals surface area contributed by atoms with E-state index in [-0.39, 0.29) is 5.91 Å². The predicted octanol–water partition coefficient (Wildman–Crippen LogP) is 2.20. The van der Waals surface area contributed by atoms with Crippen LogP contribution in [0.5, 0.6) is 0 Å². The Bertz CT molecular complexity index is 834. The molecule has 0 bridgehead atoms. The molecule has 0 spiro atoms. The second kappa shape index (κ2) is 9.17. The molecule has 6 heteroatoms. The minimum Gasteiger partial charge on any atom is -0.352 e. The van der Waals surface area contributed by atoms with E-state index in [0.29, 0.717) is 38.3 Å². The Labute approximate surface area is 165 Å². The third-order valence-electron chi connectivity index (χ3n) is 4.74. The molecule has 0 atom stereocenters. The average molecular weight is 379 g/mol. The van der Waals surface area contributed by atoms with Crippen LogP contribution in [0, 0.1) is 0 Å². The maximum atomic E-state index is 12.5. The Morgan fingerprint density at radius 1 is 0.857 bits per heavy atom. The zero-order valence-electron chi connectivity index (χ0n) is 16.1. The SMILES string of the molecule is CCCNC(=O)c1ccc(CN2CCN(Cc3ccccc3)C(=O)C2=O)cc1. The summed E-state index contributed by atoms with van der Waals surface area (Å²) in [5.74, 6) is -1.05. The van der Waals surface area contributed by atoms with Crippen LogP contribution in [-0.2, 0) is 22.7 Å². The van der Waals surface area contributed by atoms with Crippen LogP contribution in [0.4, 0.5) is 0 Å². The highest BCUT2D eigenvalue weighted by Crippen LogP contribution is 2.14. The van der Waals surface area contributed by atoms with E-state index in [1.165, 1.54) is 0 Å². The van der Waals surface area contributed by atoms with E-state index in [1.807, 2.05) is 49.4 Å². The fourth-order valence-electron chi connectivity index (χ4n) is 3.14. The monoisotopic (exact) mass is 379 g/mol. The highest BCUT2D eigenvalue weighted by molar-refractivity contribution is 6.35. The normalized spacial score (nSPS) is 14.3. The van der Waals surface area contributed by atoms with E-state index >= 15 is 0 Å². The molecular formula is C22H25N3O3. The van der Waals surface area contributed by atoms with Crippen LogP contribution in [0.15, 0.2) is 54.6 Å². The lowest BCUT2D eigenvalue weighted by molar-refractivity contribution is -0.156. The number of carbonyl (C=O) groups is 3. The summed E-state index contributed by atoms with van der Waals surface area (Å²) in [5.41, 5.74) is 2.49. The zero-order chi connectivity index (χ0) is 19.9. The smallest absolute Gasteiger partial charge is 0.312 e. The topological polar surface area (TPSA) is 69.7 Å². The molecule has 6 nitrogen and oxygen atoms in total. The molecule has 1 aliphatic rings.